The van der Waals surface area contributed by atoms with Crippen LogP contribution in [0.5, 0.6) is 0 Å². The van der Waals surface area contributed by atoms with Gasteiger partial charge in [0.2, 0.25) is 11.9 Å². The van der Waals surface area contributed by atoms with Crippen LogP contribution in [0.15, 0.2) is 24.9 Å². The number of aromatic nitrogens is 2. The lowest BCUT2D eigenvalue weighted by Crippen LogP contribution is -2.48. The van der Waals surface area contributed by atoms with Crippen LogP contribution >= 0.6 is 0 Å². The van der Waals surface area contributed by atoms with Gasteiger partial charge in [0.25, 0.3) is 5.91 Å². The molecule has 0 atom stereocenters. The van der Waals surface area contributed by atoms with Crippen LogP contribution in [0, 0.1) is 0 Å². The summed E-state index contributed by atoms with van der Waals surface area (Å²) in [5.74, 6) is 0.346. The normalized spacial score (nSPS) is 14.7. The fourth-order valence-electron chi connectivity index (χ4n) is 2.10. The molecule has 1 aromatic rings. The molecule has 2 amide bonds. The Balaban J connectivity index is 2.03. The first-order valence-corrected chi connectivity index (χ1v) is 6.84. The van der Waals surface area contributed by atoms with Crippen LogP contribution < -0.4 is 10.2 Å². The van der Waals surface area contributed by atoms with E-state index in [2.05, 4.69) is 21.9 Å². The average molecular weight is 289 g/mol. The zero-order valence-corrected chi connectivity index (χ0v) is 12.1. The maximum atomic E-state index is 11.9. The quantitative estimate of drug-likeness (QED) is 0.793. The van der Waals surface area contributed by atoms with Gasteiger partial charge in [0, 0.05) is 45.8 Å². The predicted octanol–water partition coefficient (Wildman–Crippen LogP) is 0.0609. The van der Waals surface area contributed by atoms with Gasteiger partial charge >= 0.3 is 0 Å². The second-order valence-electron chi connectivity index (χ2n) is 4.73. The largest absolute Gasteiger partial charge is 0.347 e. The number of rotatable bonds is 4. The summed E-state index contributed by atoms with van der Waals surface area (Å²) in [7, 11) is 0. The third-order valence-electron chi connectivity index (χ3n) is 3.29. The summed E-state index contributed by atoms with van der Waals surface area (Å²) in [5.41, 5.74) is 0.329. The molecule has 112 valence electrons. The number of carbonyl (C=O) groups is 2. The van der Waals surface area contributed by atoms with Gasteiger partial charge in [0.05, 0.1) is 0 Å². The molecule has 0 spiro atoms. The molecule has 2 rings (SSSR count). The highest BCUT2D eigenvalue weighted by Crippen LogP contribution is 2.11. The van der Waals surface area contributed by atoms with Crippen molar-refractivity contribution in [3.05, 3.63) is 30.6 Å². The monoisotopic (exact) mass is 289 g/mol. The zero-order valence-electron chi connectivity index (χ0n) is 12.1. The lowest BCUT2D eigenvalue weighted by atomic mass is 10.3. The molecule has 7 nitrogen and oxygen atoms in total. The minimum atomic E-state index is -0.249. The summed E-state index contributed by atoms with van der Waals surface area (Å²) in [6.07, 6.45) is 3.18. The Kier molecular flexibility index (Phi) is 4.86. The van der Waals surface area contributed by atoms with Crippen molar-refractivity contribution in [2.45, 2.75) is 6.92 Å². The first-order valence-electron chi connectivity index (χ1n) is 6.84. The van der Waals surface area contributed by atoms with Crippen molar-refractivity contribution in [3.8, 4) is 0 Å². The predicted molar refractivity (Wildman–Crippen MR) is 79.0 cm³/mol. The standard InChI is InChI=1S/C14H19N5O2/c1-3-5-15-13(21)12-4-6-16-14(17-12)19-9-7-18(8-10-19)11(2)20/h3-4,6H,1,5,7-10H2,2H3,(H,15,21). The van der Waals surface area contributed by atoms with E-state index in [0.29, 0.717) is 44.4 Å². The molecule has 0 aromatic carbocycles. The van der Waals surface area contributed by atoms with Crippen LogP contribution in [-0.2, 0) is 4.79 Å². The number of carbonyl (C=O) groups excluding carboxylic acids is 2. The van der Waals surface area contributed by atoms with Crippen molar-refractivity contribution in [2.24, 2.45) is 0 Å². The van der Waals surface area contributed by atoms with Crippen molar-refractivity contribution in [2.75, 3.05) is 37.6 Å². The van der Waals surface area contributed by atoms with Gasteiger partial charge in [-0.1, -0.05) is 6.08 Å². The minimum absolute atomic E-state index is 0.0770. The van der Waals surface area contributed by atoms with E-state index in [1.165, 1.54) is 0 Å². The number of nitrogens with one attached hydrogen (secondary N) is 1. The number of amides is 2. The summed E-state index contributed by atoms with van der Waals surface area (Å²) in [4.78, 5) is 35.4. The van der Waals surface area contributed by atoms with E-state index in [1.807, 2.05) is 4.90 Å². The SMILES string of the molecule is C=CCNC(=O)c1ccnc(N2CCN(C(C)=O)CC2)n1. The fraction of sp³-hybridized carbons (Fsp3) is 0.429. The van der Waals surface area contributed by atoms with Gasteiger partial charge in [-0.15, -0.1) is 6.58 Å². The molecular formula is C14H19N5O2. The van der Waals surface area contributed by atoms with E-state index in [9.17, 15) is 9.59 Å². The maximum Gasteiger partial charge on any atom is 0.270 e. The van der Waals surface area contributed by atoms with Crippen LogP contribution in [-0.4, -0.2) is 59.4 Å². The van der Waals surface area contributed by atoms with E-state index < -0.39 is 0 Å². The van der Waals surface area contributed by atoms with Gasteiger partial charge in [-0.05, 0) is 6.07 Å². The van der Waals surface area contributed by atoms with E-state index >= 15 is 0 Å². The molecule has 0 aliphatic carbocycles. The van der Waals surface area contributed by atoms with E-state index in [1.54, 1.807) is 30.2 Å². The highest BCUT2D eigenvalue weighted by atomic mass is 16.2. The average Bonchev–Trinajstić information content (AvgIpc) is 2.52. The molecule has 1 N–H and O–H groups in total. The van der Waals surface area contributed by atoms with E-state index in [0.717, 1.165) is 0 Å². The number of anilines is 1. The molecule has 1 fully saturated rings. The summed E-state index contributed by atoms with van der Waals surface area (Å²) < 4.78 is 0. The third-order valence-corrected chi connectivity index (χ3v) is 3.29. The summed E-state index contributed by atoms with van der Waals surface area (Å²) in [5, 5.41) is 2.68. The molecule has 21 heavy (non-hydrogen) atoms. The van der Waals surface area contributed by atoms with Gasteiger partial charge in [0.1, 0.15) is 5.69 Å². The summed E-state index contributed by atoms with van der Waals surface area (Å²) in [6, 6.07) is 1.58. The van der Waals surface area contributed by atoms with Gasteiger partial charge < -0.3 is 15.1 Å². The van der Waals surface area contributed by atoms with Gasteiger partial charge in [0.15, 0.2) is 0 Å². The molecule has 1 saturated heterocycles. The van der Waals surface area contributed by atoms with Crippen LogP contribution in [0.1, 0.15) is 17.4 Å². The molecular weight excluding hydrogens is 270 g/mol. The molecule has 0 saturated carbocycles. The van der Waals surface area contributed by atoms with Gasteiger partial charge in [-0.3, -0.25) is 9.59 Å². The minimum Gasteiger partial charge on any atom is -0.347 e. The second kappa shape index (κ2) is 6.83. The zero-order chi connectivity index (χ0) is 15.2. The molecule has 0 unspecified atom stereocenters. The lowest BCUT2D eigenvalue weighted by molar-refractivity contribution is -0.129. The van der Waals surface area contributed by atoms with E-state index in [4.69, 9.17) is 0 Å². The van der Waals surface area contributed by atoms with E-state index in [-0.39, 0.29) is 11.8 Å². The third kappa shape index (κ3) is 3.77. The van der Waals surface area contributed by atoms with Crippen molar-refractivity contribution in [1.29, 1.82) is 0 Å². The Morgan fingerprint density at radius 3 is 2.71 bits per heavy atom. The van der Waals surface area contributed by atoms with Crippen molar-refractivity contribution < 1.29 is 9.59 Å². The Morgan fingerprint density at radius 1 is 1.38 bits per heavy atom. The van der Waals surface area contributed by atoms with Gasteiger partial charge in [-0.2, -0.15) is 0 Å². The topological polar surface area (TPSA) is 78.4 Å². The Bertz CT molecular complexity index is 538. The van der Waals surface area contributed by atoms with Crippen LogP contribution in [0.2, 0.25) is 0 Å². The highest BCUT2D eigenvalue weighted by Gasteiger charge is 2.21. The van der Waals surface area contributed by atoms with Crippen LogP contribution in [0.3, 0.4) is 0 Å². The molecule has 1 aromatic heterocycles. The smallest absolute Gasteiger partial charge is 0.270 e. The highest BCUT2D eigenvalue weighted by molar-refractivity contribution is 5.92. The van der Waals surface area contributed by atoms with Gasteiger partial charge in [-0.25, -0.2) is 9.97 Å². The first kappa shape index (κ1) is 15.0. The second-order valence-corrected chi connectivity index (χ2v) is 4.73. The fourth-order valence-corrected chi connectivity index (χ4v) is 2.10. The molecule has 1 aliphatic heterocycles. The van der Waals surface area contributed by atoms with Crippen molar-refractivity contribution in [1.82, 2.24) is 20.2 Å². The number of nitrogens with zero attached hydrogens (tertiary/aromatic N) is 4. The summed E-state index contributed by atoms with van der Waals surface area (Å²) >= 11 is 0. The van der Waals surface area contributed by atoms with Crippen molar-refractivity contribution >= 4 is 17.8 Å². The number of hydrogen-bond acceptors (Lipinski definition) is 5. The summed E-state index contributed by atoms with van der Waals surface area (Å²) in [6.45, 7) is 8.13. The lowest BCUT2D eigenvalue weighted by Gasteiger charge is -2.34. The Labute approximate surface area is 123 Å². The molecule has 0 radical (unpaired) electrons. The first-order chi connectivity index (χ1) is 10.1. The molecule has 7 heteroatoms. The molecule has 1 aliphatic rings. The number of hydrogen-bond donors (Lipinski definition) is 1. The van der Waals surface area contributed by atoms with Crippen molar-refractivity contribution in [3.63, 3.8) is 0 Å². The molecule has 2 heterocycles. The maximum absolute atomic E-state index is 11.9. The Hall–Kier alpha value is -2.44. The molecule has 0 bridgehead atoms. The Morgan fingerprint density at radius 2 is 2.10 bits per heavy atom. The van der Waals surface area contributed by atoms with Crippen LogP contribution in [0.4, 0.5) is 5.95 Å². The van der Waals surface area contributed by atoms with Crippen LogP contribution in [0.25, 0.3) is 0 Å². The number of piperazine rings is 1.